The monoisotopic (exact) mass is 610 g/mol. The molecule has 1 amide bonds. The molecular formula is C31H38N4O3S3. The molecule has 1 aliphatic heterocycles. The van der Waals surface area contributed by atoms with E-state index in [4.69, 9.17) is 17.3 Å². The van der Waals surface area contributed by atoms with Crippen molar-refractivity contribution >= 4 is 50.3 Å². The molecule has 0 spiro atoms. The lowest BCUT2D eigenvalue weighted by Crippen LogP contribution is -2.33. The zero-order chi connectivity index (χ0) is 29.6. The molecule has 2 aromatic carbocycles. The summed E-state index contributed by atoms with van der Waals surface area (Å²) in [5, 5.41) is 4.86. The second kappa shape index (κ2) is 13.9. The molecule has 7 nitrogen and oxygen atoms in total. The molecule has 1 fully saturated rings. The molecule has 0 aliphatic carbocycles. The summed E-state index contributed by atoms with van der Waals surface area (Å²) in [6.07, 6.45) is 8.04. The van der Waals surface area contributed by atoms with E-state index in [2.05, 4.69) is 13.8 Å². The third-order valence-electron chi connectivity index (χ3n) is 7.36. The average Bonchev–Trinajstić information content (AvgIpc) is 3.52. The van der Waals surface area contributed by atoms with Gasteiger partial charge in [0.15, 0.2) is 0 Å². The van der Waals surface area contributed by atoms with E-state index >= 15 is 0 Å². The number of thiocarbonyl (C=S) groups is 1. The van der Waals surface area contributed by atoms with Gasteiger partial charge < -0.3 is 0 Å². The summed E-state index contributed by atoms with van der Waals surface area (Å²) in [4.78, 5) is 16.0. The zero-order valence-corrected chi connectivity index (χ0v) is 26.6. The van der Waals surface area contributed by atoms with Crippen molar-refractivity contribution < 1.29 is 13.2 Å². The fourth-order valence-electron chi connectivity index (χ4n) is 4.92. The second-order valence-electron chi connectivity index (χ2n) is 10.0. The van der Waals surface area contributed by atoms with Crippen molar-refractivity contribution in [2.75, 3.05) is 19.6 Å². The van der Waals surface area contributed by atoms with Crippen molar-refractivity contribution in [1.82, 2.24) is 19.0 Å². The SMILES string of the molecule is CCCCC(CC)CN1C(=O)/C(=C/c2cn(-c3ccccc3)nc2-c2cccc(S(=O)(=O)N(CC)CC)c2)SC1=S. The van der Waals surface area contributed by atoms with Gasteiger partial charge in [0, 0.05) is 37.0 Å². The number of nitrogens with zero attached hydrogens (tertiary/aromatic N) is 4. The van der Waals surface area contributed by atoms with E-state index in [1.54, 1.807) is 27.8 Å². The van der Waals surface area contributed by atoms with Crippen LogP contribution >= 0.6 is 24.0 Å². The number of unbranched alkanes of at least 4 members (excludes halogenated alkanes) is 1. The first-order valence-electron chi connectivity index (χ1n) is 14.2. The van der Waals surface area contributed by atoms with Gasteiger partial charge in [-0.3, -0.25) is 9.69 Å². The summed E-state index contributed by atoms with van der Waals surface area (Å²) in [5.74, 6) is 0.315. The predicted molar refractivity (Wildman–Crippen MR) is 172 cm³/mol. The number of rotatable bonds is 13. The fourth-order valence-corrected chi connectivity index (χ4v) is 7.69. The summed E-state index contributed by atoms with van der Waals surface area (Å²) in [6, 6.07) is 16.5. The first-order chi connectivity index (χ1) is 19.7. The van der Waals surface area contributed by atoms with Gasteiger partial charge in [-0.25, -0.2) is 13.1 Å². The van der Waals surface area contributed by atoms with Crippen LogP contribution in [0.5, 0.6) is 0 Å². The Morgan fingerprint density at radius 3 is 2.44 bits per heavy atom. The van der Waals surface area contributed by atoms with Gasteiger partial charge in [-0.15, -0.1) is 0 Å². The van der Waals surface area contributed by atoms with Crippen LogP contribution in [-0.4, -0.2) is 57.3 Å². The van der Waals surface area contributed by atoms with Crippen LogP contribution < -0.4 is 0 Å². The molecule has 41 heavy (non-hydrogen) atoms. The Labute approximate surface area is 253 Å². The highest BCUT2D eigenvalue weighted by molar-refractivity contribution is 8.26. The molecule has 10 heteroatoms. The Morgan fingerprint density at radius 2 is 1.78 bits per heavy atom. The van der Waals surface area contributed by atoms with Gasteiger partial charge in [0.25, 0.3) is 5.91 Å². The topological polar surface area (TPSA) is 75.5 Å². The lowest BCUT2D eigenvalue weighted by molar-refractivity contribution is -0.122. The largest absolute Gasteiger partial charge is 0.293 e. The molecule has 1 atom stereocenters. The molecule has 218 valence electrons. The first-order valence-corrected chi connectivity index (χ1v) is 16.9. The molecule has 1 saturated heterocycles. The molecule has 1 aromatic heterocycles. The maximum Gasteiger partial charge on any atom is 0.266 e. The average molecular weight is 611 g/mol. The summed E-state index contributed by atoms with van der Waals surface area (Å²) in [7, 11) is -3.66. The minimum atomic E-state index is -3.66. The third kappa shape index (κ3) is 6.99. The number of hydrogen-bond acceptors (Lipinski definition) is 6. The Morgan fingerprint density at radius 1 is 1.05 bits per heavy atom. The quantitative estimate of drug-likeness (QED) is 0.153. The highest BCUT2D eigenvalue weighted by atomic mass is 32.2. The van der Waals surface area contributed by atoms with Crippen molar-refractivity contribution in [3.05, 3.63) is 71.3 Å². The molecule has 4 rings (SSSR count). The van der Waals surface area contributed by atoms with Crippen LogP contribution in [0.25, 0.3) is 23.0 Å². The van der Waals surface area contributed by atoms with Crippen LogP contribution in [0.1, 0.15) is 58.9 Å². The standard InChI is InChI=1S/C31H38N4O3S3/c1-5-9-14-23(6-2)21-34-30(36)28(40-31(34)39)20-25-22-35(26-16-11-10-12-17-26)32-29(25)24-15-13-18-27(19-24)41(37,38)33(7-3)8-4/h10-13,15-20,22-23H,5-9,14,21H2,1-4H3/b28-20-. The van der Waals surface area contributed by atoms with Gasteiger partial charge >= 0.3 is 0 Å². The van der Waals surface area contributed by atoms with Gasteiger partial charge in [0.1, 0.15) is 10.0 Å². The second-order valence-corrected chi connectivity index (χ2v) is 13.7. The highest BCUT2D eigenvalue weighted by Crippen LogP contribution is 2.36. The van der Waals surface area contributed by atoms with E-state index in [0.29, 0.717) is 51.6 Å². The van der Waals surface area contributed by atoms with Crippen molar-refractivity contribution in [2.24, 2.45) is 5.92 Å². The minimum absolute atomic E-state index is 0.0915. The Balaban J connectivity index is 1.75. The first kappa shape index (κ1) is 31.2. The molecule has 0 saturated carbocycles. The van der Waals surface area contributed by atoms with E-state index < -0.39 is 10.0 Å². The Kier molecular flexibility index (Phi) is 10.6. The van der Waals surface area contributed by atoms with E-state index in [1.165, 1.54) is 16.1 Å². The molecule has 3 aromatic rings. The molecular weight excluding hydrogens is 573 g/mol. The van der Waals surface area contributed by atoms with Crippen molar-refractivity contribution in [3.63, 3.8) is 0 Å². The Bertz CT molecular complexity index is 1510. The number of carbonyl (C=O) groups is 1. The number of hydrogen-bond donors (Lipinski definition) is 0. The molecule has 0 bridgehead atoms. The zero-order valence-electron chi connectivity index (χ0n) is 24.1. The lowest BCUT2D eigenvalue weighted by atomic mass is 9.99. The predicted octanol–water partition coefficient (Wildman–Crippen LogP) is 6.99. The normalized spacial score (nSPS) is 15.8. The third-order valence-corrected chi connectivity index (χ3v) is 10.8. The summed E-state index contributed by atoms with van der Waals surface area (Å²) >= 11 is 6.95. The Hall–Kier alpha value is -2.79. The number of aromatic nitrogens is 2. The van der Waals surface area contributed by atoms with Gasteiger partial charge in [-0.05, 0) is 42.7 Å². The smallest absolute Gasteiger partial charge is 0.266 e. The fraction of sp³-hybridized carbons (Fsp3) is 0.387. The minimum Gasteiger partial charge on any atom is -0.293 e. The van der Waals surface area contributed by atoms with Gasteiger partial charge in [-0.2, -0.15) is 9.40 Å². The van der Waals surface area contributed by atoms with Crippen molar-refractivity contribution in [2.45, 2.75) is 58.3 Å². The number of benzene rings is 2. The van der Waals surface area contributed by atoms with Crippen molar-refractivity contribution in [3.8, 4) is 16.9 Å². The summed E-state index contributed by atoms with van der Waals surface area (Å²) in [6.45, 7) is 9.39. The molecule has 0 radical (unpaired) electrons. The van der Waals surface area contributed by atoms with Crippen LogP contribution in [-0.2, 0) is 14.8 Å². The van der Waals surface area contributed by atoms with Gasteiger partial charge in [-0.1, -0.05) is 101 Å². The molecule has 1 aliphatic rings. The van der Waals surface area contributed by atoms with Gasteiger partial charge in [0.2, 0.25) is 10.0 Å². The van der Waals surface area contributed by atoms with Crippen LogP contribution in [0.2, 0.25) is 0 Å². The maximum atomic E-state index is 13.5. The number of para-hydroxylation sites is 1. The van der Waals surface area contributed by atoms with E-state index in [0.717, 1.165) is 31.4 Å². The molecule has 1 unspecified atom stereocenters. The van der Waals surface area contributed by atoms with E-state index in [9.17, 15) is 13.2 Å². The number of thioether (sulfide) groups is 1. The molecule has 2 heterocycles. The van der Waals surface area contributed by atoms with Crippen LogP contribution in [0.15, 0.2) is 70.6 Å². The van der Waals surface area contributed by atoms with E-state index in [1.807, 2.05) is 62.5 Å². The summed E-state index contributed by atoms with van der Waals surface area (Å²) in [5.41, 5.74) is 2.81. The number of amides is 1. The van der Waals surface area contributed by atoms with Gasteiger partial charge in [0.05, 0.1) is 15.5 Å². The van der Waals surface area contributed by atoms with Crippen molar-refractivity contribution in [1.29, 1.82) is 0 Å². The maximum absolute atomic E-state index is 13.5. The lowest BCUT2D eigenvalue weighted by Gasteiger charge is -2.21. The molecule has 0 N–H and O–H groups in total. The van der Waals surface area contributed by atoms with Crippen LogP contribution in [0.4, 0.5) is 0 Å². The van der Waals surface area contributed by atoms with Crippen LogP contribution in [0.3, 0.4) is 0 Å². The number of carbonyl (C=O) groups excluding carboxylic acids is 1. The number of sulfonamides is 1. The van der Waals surface area contributed by atoms with E-state index in [-0.39, 0.29) is 10.8 Å². The van der Waals surface area contributed by atoms with Crippen LogP contribution in [0, 0.1) is 5.92 Å². The summed E-state index contributed by atoms with van der Waals surface area (Å²) < 4.78 is 30.3. The highest BCUT2D eigenvalue weighted by Gasteiger charge is 2.33.